The summed E-state index contributed by atoms with van der Waals surface area (Å²) in [6, 6.07) is 6.22. The van der Waals surface area contributed by atoms with Gasteiger partial charge in [0, 0.05) is 18.8 Å². The minimum absolute atomic E-state index is 0.0553. The van der Waals surface area contributed by atoms with Crippen LogP contribution in [0.5, 0.6) is 0 Å². The van der Waals surface area contributed by atoms with Gasteiger partial charge in [-0.3, -0.25) is 4.79 Å². The number of hydrogen-bond donors (Lipinski definition) is 0. The summed E-state index contributed by atoms with van der Waals surface area (Å²) in [4.78, 5) is 25.5. The number of piperazine rings is 1. The van der Waals surface area contributed by atoms with Crippen molar-refractivity contribution < 1.29 is 9.32 Å². The molecule has 0 saturated carbocycles. The van der Waals surface area contributed by atoms with Gasteiger partial charge in [0.05, 0.1) is 12.2 Å². The minimum Gasteiger partial charge on any atom is -0.345 e. The number of aromatic nitrogens is 3. The van der Waals surface area contributed by atoms with E-state index in [1.165, 1.54) is 0 Å². The minimum atomic E-state index is 0.0553. The van der Waals surface area contributed by atoms with Crippen molar-refractivity contribution >= 4 is 28.5 Å². The van der Waals surface area contributed by atoms with Gasteiger partial charge in [0.25, 0.3) is 5.71 Å². The van der Waals surface area contributed by atoms with E-state index >= 15 is 0 Å². The Labute approximate surface area is 151 Å². The van der Waals surface area contributed by atoms with Gasteiger partial charge in [0.1, 0.15) is 17.0 Å². The zero-order chi connectivity index (χ0) is 18.4. The Morgan fingerprint density at radius 2 is 1.73 bits per heavy atom. The number of amides is 1. The molecule has 3 aromatic rings. The maximum atomic E-state index is 12.8. The molecule has 3 heterocycles. The SMILES string of the molecule is Cc1cc(C)cc(N2CCN(c3nc(C)nc4onc(C)c34)CC2=O)c1. The molecule has 2 aromatic heterocycles. The number of carbonyl (C=O) groups excluding carboxylic acids is 1. The molecular formula is C19H21N5O2. The highest BCUT2D eigenvalue weighted by Gasteiger charge is 2.28. The topological polar surface area (TPSA) is 75.4 Å². The molecule has 1 saturated heterocycles. The summed E-state index contributed by atoms with van der Waals surface area (Å²) in [7, 11) is 0. The summed E-state index contributed by atoms with van der Waals surface area (Å²) in [5.41, 5.74) is 4.47. The van der Waals surface area contributed by atoms with Crippen LogP contribution < -0.4 is 9.80 Å². The maximum Gasteiger partial charge on any atom is 0.263 e. The Kier molecular flexibility index (Phi) is 3.86. The summed E-state index contributed by atoms with van der Waals surface area (Å²) in [5, 5.41) is 4.77. The Morgan fingerprint density at radius 1 is 1.00 bits per heavy atom. The summed E-state index contributed by atoms with van der Waals surface area (Å²) in [6.07, 6.45) is 0. The smallest absolute Gasteiger partial charge is 0.263 e. The third-order valence-electron chi connectivity index (χ3n) is 4.64. The highest BCUT2D eigenvalue weighted by Crippen LogP contribution is 2.29. The fourth-order valence-electron chi connectivity index (χ4n) is 3.53. The van der Waals surface area contributed by atoms with Crippen molar-refractivity contribution in [2.45, 2.75) is 27.7 Å². The maximum absolute atomic E-state index is 12.8. The van der Waals surface area contributed by atoms with Crippen molar-refractivity contribution in [3.05, 3.63) is 40.8 Å². The van der Waals surface area contributed by atoms with E-state index in [4.69, 9.17) is 4.52 Å². The molecule has 0 radical (unpaired) electrons. The molecular weight excluding hydrogens is 330 g/mol. The number of nitrogens with zero attached hydrogens (tertiary/aromatic N) is 5. The second kappa shape index (κ2) is 6.09. The predicted octanol–water partition coefficient (Wildman–Crippen LogP) is 2.70. The molecule has 26 heavy (non-hydrogen) atoms. The first-order valence-corrected chi connectivity index (χ1v) is 8.66. The zero-order valence-electron chi connectivity index (χ0n) is 15.4. The molecule has 1 amide bonds. The van der Waals surface area contributed by atoms with Gasteiger partial charge in [0.15, 0.2) is 0 Å². The number of carbonyl (C=O) groups is 1. The van der Waals surface area contributed by atoms with Crippen LogP contribution in [0.2, 0.25) is 0 Å². The van der Waals surface area contributed by atoms with Crippen molar-refractivity contribution in [2.24, 2.45) is 0 Å². The number of benzene rings is 1. The van der Waals surface area contributed by atoms with E-state index < -0.39 is 0 Å². The number of aryl methyl sites for hydroxylation is 4. The van der Waals surface area contributed by atoms with Crippen LogP contribution in [0.25, 0.3) is 11.1 Å². The van der Waals surface area contributed by atoms with Gasteiger partial charge < -0.3 is 14.3 Å². The fourth-order valence-corrected chi connectivity index (χ4v) is 3.53. The molecule has 134 valence electrons. The molecule has 1 fully saturated rings. The Morgan fingerprint density at radius 3 is 2.42 bits per heavy atom. The molecule has 0 aliphatic carbocycles. The highest BCUT2D eigenvalue weighted by molar-refractivity contribution is 5.99. The van der Waals surface area contributed by atoms with E-state index in [2.05, 4.69) is 33.3 Å². The predicted molar refractivity (Wildman–Crippen MR) is 99.6 cm³/mol. The summed E-state index contributed by atoms with van der Waals surface area (Å²) >= 11 is 0. The fraction of sp³-hybridized carbons (Fsp3) is 0.368. The molecule has 0 unspecified atom stereocenters. The van der Waals surface area contributed by atoms with Gasteiger partial charge in [-0.1, -0.05) is 11.2 Å². The largest absolute Gasteiger partial charge is 0.345 e. The standard InChI is InChI=1S/C19H21N5O2/c1-11-7-12(2)9-15(8-11)24-6-5-23(10-16(24)25)18-17-13(3)22-26-19(17)21-14(4)20-18/h7-9H,5-6,10H2,1-4H3. The van der Waals surface area contributed by atoms with Gasteiger partial charge in [0.2, 0.25) is 5.91 Å². The van der Waals surface area contributed by atoms with E-state index in [-0.39, 0.29) is 12.5 Å². The van der Waals surface area contributed by atoms with Crippen molar-refractivity contribution in [1.82, 2.24) is 15.1 Å². The number of rotatable bonds is 2. The first-order chi connectivity index (χ1) is 12.4. The third-order valence-corrected chi connectivity index (χ3v) is 4.64. The Hall–Kier alpha value is -2.96. The van der Waals surface area contributed by atoms with Crippen molar-refractivity contribution in [2.75, 3.05) is 29.4 Å². The molecule has 7 nitrogen and oxygen atoms in total. The normalized spacial score (nSPS) is 15.2. The lowest BCUT2D eigenvalue weighted by molar-refractivity contribution is -0.117. The highest BCUT2D eigenvalue weighted by atomic mass is 16.5. The molecule has 0 bridgehead atoms. The van der Waals surface area contributed by atoms with Crippen LogP contribution >= 0.6 is 0 Å². The van der Waals surface area contributed by atoms with Crippen LogP contribution in [0.3, 0.4) is 0 Å². The number of hydrogen-bond acceptors (Lipinski definition) is 6. The van der Waals surface area contributed by atoms with E-state index in [1.807, 2.05) is 37.5 Å². The van der Waals surface area contributed by atoms with Crippen LogP contribution in [0, 0.1) is 27.7 Å². The Bertz CT molecular complexity index is 990. The van der Waals surface area contributed by atoms with E-state index in [0.717, 1.165) is 33.7 Å². The third kappa shape index (κ3) is 2.79. The van der Waals surface area contributed by atoms with E-state index in [9.17, 15) is 4.79 Å². The van der Waals surface area contributed by atoms with E-state index in [1.54, 1.807) is 0 Å². The van der Waals surface area contributed by atoms with Crippen molar-refractivity contribution in [1.29, 1.82) is 0 Å². The molecule has 7 heteroatoms. The summed E-state index contributed by atoms with van der Waals surface area (Å²) < 4.78 is 5.28. The number of fused-ring (bicyclic) bond motifs is 1. The average Bonchev–Trinajstić information content (AvgIpc) is 2.94. The Balaban J connectivity index is 1.65. The molecule has 1 aliphatic rings. The lowest BCUT2D eigenvalue weighted by Crippen LogP contribution is -2.51. The molecule has 0 N–H and O–H groups in total. The quantitative estimate of drug-likeness (QED) is 0.707. The lowest BCUT2D eigenvalue weighted by atomic mass is 10.1. The van der Waals surface area contributed by atoms with Crippen LogP contribution in [-0.4, -0.2) is 40.7 Å². The second-order valence-corrected chi connectivity index (χ2v) is 6.86. The van der Waals surface area contributed by atoms with Crippen LogP contribution in [0.1, 0.15) is 22.6 Å². The van der Waals surface area contributed by atoms with Crippen LogP contribution in [-0.2, 0) is 4.79 Å². The molecule has 0 atom stereocenters. The first-order valence-electron chi connectivity index (χ1n) is 8.66. The van der Waals surface area contributed by atoms with Gasteiger partial charge >= 0.3 is 0 Å². The van der Waals surface area contributed by atoms with Crippen molar-refractivity contribution in [3.8, 4) is 0 Å². The lowest BCUT2D eigenvalue weighted by Gasteiger charge is -2.35. The van der Waals surface area contributed by atoms with Crippen molar-refractivity contribution in [3.63, 3.8) is 0 Å². The molecule has 1 aromatic carbocycles. The summed E-state index contributed by atoms with van der Waals surface area (Å²) in [5.74, 6) is 1.38. The number of anilines is 2. The molecule has 0 spiro atoms. The molecule has 1 aliphatic heterocycles. The van der Waals surface area contributed by atoms with E-state index in [0.29, 0.717) is 24.6 Å². The van der Waals surface area contributed by atoms with Gasteiger partial charge in [-0.05, 0) is 51.0 Å². The zero-order valence-corrected chi connectivity index (χ0v) is 15.4. The van der Waals surface area contributed by atoms with Gasteiger partial charge in [-0.2, -0.15) is 4.98 Å². The molecule has 4 rings (SSSR count). The van der Waals surface area contributed by atoms with Gasteiger partial charge in [-0.15, -0.1) is 0 Å². The van der Waals surface area contributed by atoms with Gasteiger partial charge in [-0.25, -0.2) is 4.98 Å². The second-order valence-electron chi connectivity index (χ2n) is 6.86. The average molecular weight is 351 g/mol. The van der Waals surface area contributed by atoms with Crippen LogP contribution in [0.4, 0.5) is 11.5 Å². The first kappa shape index (κ1) is 16.5. The van der Waals surface area contributed by atoms with Crippen LogP contribution in [0.15, 0.2) is 22.7 Å². The monoisotopic (exact) mass is 351 g/mol. The summed E-state index contributed by atoms with van der Waals surface area (Å²) in [6.45, 7) is 9.34.